The lowest BCUT2D eigenvalue weighted by atomic mass is 10.2. The maximum atomic E-state index is 12.7. The van der Waals surface area contributed by atoms with Crippen molar-refractivity contribution in [3.8, 4) is 0 Å². The highest BCUT2D eigenvalue weighted by Gasteiger charge is 2.28. The Hall–Kier alpha value is -3.07. The van der Waals surface area contributed by atoms with E-state index >= 15 is 0 Å². The molecule has 1 atom stereocenters. The van der Waals surface area contributed by atoms with E-state index in [0.29, 0.717) is 30.6 Å². The first-order valence-corrected chi connectivity index (χ1v) is 8.77. The van der Waals surface area contributed by atoms with Gasteiger partial charge in [0, 0.05) is 20.2 Å². The van der Waals surface area contributed by atoms with Crippen LogP contribution in [0.2, 0.25) is 0 Å². The number of fused-ring (bicyclic) bond motifs is 1. The normalized spacial score (nSPS) is 16.9. The van der Waals surface area contributed by atoms with Crippen LogP contribution in [-0.2, 0) is 22.7 Å². The lowest BCUT2D eigenvalue weighted by molar-refractivity contribution is -0.130. The molecule has 140 valence electrons. The second kappa shape index (κ2) is 7.28. The highest BCUT2D eigenvalue weighted by Crippen LogP contribution is 2.21. The fraction of sp³-hybridized carbons (Fsp3) is 0.389. The minimum absolute atomic E-state index is 0.0182. The van der Waals surface area contributed by atoms with Gasteiger partial charge in [0.15, 0.2) is 0 Å². The SMILES string of the molecule is COCc1cn([C@H]2CCN(C(=O)Cn3cnc4ccccc4c3=O)C2)nn1. The average Bonchev–Trinajstić information content (AvgIpc) is 3.34. The molecule has 4 rings (SSSR count). The predicted molar refractivity (Wildman–Crippen MR) is 97.0 cm³/mol. The zero-order valence-electron chi connectivity index (χ0n) is 15.0. The van der Waals surface area contributed by atoms with Gasteiger partial charge < -0.3 is 9.64 Å². The van der Waals surface area contributed by atoms with Crippen LogP contribution in [0.25, 0.3) is 10.9 Å². The van der Waals surface area contributed by atoms with Crippen LogP contribution in [0.4, 0.5) is 0 Å². The molecule has 1 aromatic carbocycles. The van der Waals surface area contributed by atoms with E-state index in [1.54, 1.807) is 34.9 Å². The van der Waals surface area contributed by atoms with Crippen LogP contribution >= 0.6 is 0 Å². The Morgan fingerprint density at radius 3 is 3.04 bits per heavy atom. The van der Waals surface area contributed by atoms with Crippen molar-refractivity contribution in [3.05, 3.63) is 52.8 Å². The molecule has 9 heteroatoms. The van der Waals surface area contributed by atoms with Gasteiger partial charge >= 0.3 is 0 Å². The maximum absolute atomic E-state index is 12.7. The first kappa shape index (κ1) is 17.3. The third-order valence-corrected chi connectivity index (χ3v) is 4.78. The predicted octanol–water partition coefficient (Wildman–Crippen LogP) is 0.608. The van der Waals surface area contributed by atoms with Gasteiger partial charge in [-0.25, -0.2) is 9.67 Å². The molecule has 1 aliphatic heterocycles. The number of hydrogen-bond acceptors (Lipinski definition) is 6. The summed E-state index contributed by atoms with van der Waals surface area (Å²) in [5, 5.41) is 8.70. The van der Waals surface area contributed by atoms with Crippen molar-refractivity contribution in [1.29, 1.82) is 0 Å². The molecule has 0 N–H and O–H groups in total. The summed E-state index contributed by atoms with van der Waals surface area (Å²) in [6, 6.07) is 7.21. The van der Waals surface area contributed by atoms with Gasteiger partial charge in [-0.3, -0.25) is 14.2 Å². The highest BCUT2D eigenvalue weighted by atomic mass is 16.5. The van der Waals surface area contributed by atoms with Crippen LogP contribution in [-0.4, -0.2) is 55.6 Å². The van der Waals surface area contributed by atoms with Crippen molar-refractivity contribution in [2.45, 2.75) is 25.6 Å². The van der Waals surface area contributed by atoms with Crippen molar-refractivity contribution in [2.24, 2.45) is 0 Å². The number of rotatable bonds is 5. The van der Waals surface area contributed by atoms with Crippen molar-refractivity contribution in [3.63, 3.8) is 0 Å². The largest absolute Gasteiger partial charge is 0.378 e. The highest BCUT2D eigenvalue weighted by molar-refractivity contribution is 5.79. The van der Waals surface area contributed by atoms with Gasteiger partial charge in [0.25, 0.3) is 5.56 Å². The van der Waals surface area contributed by atoms with Gasteiger partial charge in [-0.2, -0.15) is 0 Å². The quantitative estimate of drug-likeness (QED) is 0.655. The lowest BCUT2D eigenvalue weighted by Gasteiger charge is -2.17. The van der Waals surface area contributed by atoms with Crippen LogP contribution in [0.5, 0.6) is 0 Å². The van der Waals surface area contributed by atoms with E-state index in [9.17, 15) is 9.59 Å². The molecule has 0 unspecified atom stereocenters. The number of para-hydroxylation sites is 1. The van der Waals surface area contributed by atoms with Crippen LogP contribution in [0.1, 0.15) is 18.2 Å². The summed E-state index contributed by atoms with van der Waals surface area (Å²) in [6.45, 7) is 1.56. The van der Waals surface area contributed by atoms with E-state index in [1.165, 1.54) is 10.9 Å². The minimum atomic E-state index is -0.204. The van der Waals surface area contributed by atoms with Gasteiger partial charge in [-0.05, 0) is 18.6 Å². The molecule has 0 radical (unpaired) electrons. The van der Waals surface area contributed by atoms with Gasteiger partial charge in [-0.15, -0.1) is 5.10 Å². The summed E-state index contributed by atoms with van der Waals surface area (Å²) >= 11 is 0. The Bertz CT molecular complexity index is 1030. The molecular formula is C18H20N6O3. The molecule has 27 heavy (non-hydrogen) atoms. The smallest absolute Gasteiger partial charge is 0.261 e. The number of methoxy groups -OCH3 is 1. The molecule has 1 aliphatic rings. The molecule has 0 spiro atoms. The number of carbonyl (C=O) groups excluding carboxylic acids is 1. The fourth-order valence-electron chi connectivity index (χ4n) is 3.35. The summed E-state index contributed by atoms with van der Waals surface area (Å²) in [6.07, 6.45) is 4.08. The zero-order chi connectivity index (χ0) is 18.8. The van der Waals surface area contributed by atoms with Crippen molar-refractivity contribution < 1.29 is 9.53 Å². The van der Waals surface area contributed by atoms with Crippen LogP contribution in [0, 0.1) is 0 Å². The third-order valence-electron chi connectivity index (χ3n) is 4.78. The van der Waals surface area contributed by atoms with Crippen molar-refractivity contribution in [1.82, 2.24) is 29.4 Å². The third kappa shape index (κ3) is 3.45. The number of likely N-dealkylation sites (tertiary alicyclic amines) is 1. The van der Waals surface area contributed by atoms with E-state index < -0.39 is 0 Å². The Morgan fingerprint density at radius 1 is 1.33 bits per heavy atom. The molecule has 9 nitrogen and oxygen atoms in total. The summed E-state index contributed by atoms with van der Waals surface area (Å²) in [5.74, 6) is -0.103. The van der Waals surface area contributed by atoms with Gasteiger partial charge in [0.05, 0.1) is 36.1 Å². The molecule has 1 fully saturated rings. The van der Waals surface area contributed by atoms with Crippen LogP contribution < -0.4 is 5.56 Å². The molecule has 0 aliphatic carbocycles. The number of benzene rings is 1. The van der Waals surface area contributed by atoms with Crippen molar-refractivity contribution in [2.75, 3.05) is 20.2 Å². The Morgan fingerprint density at radius 2 is 2.19 bits per heavy atom. The number of amides is 1. The number of nitrogens with zero attached hydrogens (tertiary/aromatic N) is 6. The molecule has 0 saturated carbocycles. The van der Waals surface area contributed by atoms with Gasteiger partial charge in [-0.1, -0.05) is 17.3 Å². The van der Waals surface area contributed by atoms with Gasteiger partial charge in [0.2, 0.25) is 5.91 Å². The summed E-state index contributed by atoms with van der Waals surface area (Å²) in [5.41, 5.74) is 1.19. The van der Waals surface area contributed by atoms with E-state index in [0.717, 1.165) is 12.1 Å². The average molecular weight is 368 g/mol. The molecule has 3 aromatic rings. The maximum Gasteiger partial charge on any atom is 0.261 e. The molecular weight excluding hydrogens is 348 g/mol. The number of hydrogen-bond donors (Lipinski definition) is 0. The van der Waals surface area contributed by atoms with Gasteiger partial charge in [0.1, 0.15) is 12.2 Å². The first-order valence-electron chi connectivity index (χ1n) is 8.77. The summed E-state index contributed by atoms with van der Waals surface area (Å²) < 4.78 is 8.20. The van der Waals surface area contributed by atoms with E-state index in [4.69, 9.17) is 4.74 Å². The van der Waals surface area contributed by atoms with Crippen LogP contribution in [0.3, 0.4) is 0 Å². The number of aromatic nitrogens is 5. The second-order valence-corrected chi connectivity index (χ2v) is 6.60. The standard InChI is InChI=1S/C18H20N6O3/c1-27-11-13-8-24(21-20-13)14-6-7-22(9-14)17(25)10-23-12-19-16-5-3-2-4-15(16)18(23)26/h2-5,8,12,14H,6-7,9-11H2,1H3/t14-/m0/s1. The monoisotopic (exact) mass is 368 g/mol. The fourth-order valence-corrected chi connectivity index (χ4v) is 3.35. The van der Waals surface area contributed by atoms with Crippen LogP contribution in [0.15, 0.2) is 41.6 Å². The second-order valence-electron chi connectivity index (χ2n) is 6.60. The Balaban J connectivity index is 1.45. The number of carbonyl (C=O) groups is 1. The molecule has 0 bridgehead atoms. The van der Waals surface area contributed by atoms with Crippen molar-refractivity contribution >= 4 is 16.8 Å². The zero-order valence-corrected chi connectivity index (χ0v) is 15.0. The summed E-state index contributed by atoms with van der Waals surface area (Å²) in [4.78, 5) is 31.2. The molecule has 2 aromatic heterocycles. The van der Waals surface area contributed by atoms with E-state index in [-0.39, 0.29) is 24.1 Å². The van der Waals surface area contributed by atoms with E-state index in [2.05, 4.69) is 15.3 Å². The first-order chi connectivity index (χ1) is 13.2. The van der Waals surface area contributed by atoms with E-state index in [1.807, 2.05) is 12.3 Å². The molecule has 1 amide bonds. The topological polar surface area (TPSA) is 95.1 Å². The minimum Gasteiger partial charge on any atom is -0.378 e. The summed E-state index contributed by atoms with van der Waals surface area (Å²) in [7, 11) is 1.61. The Labute approximate surface area is 155 Å². The molecule has 3 heterocycles. The molecule has 1 saturated heterocycles. The number of ether oxygens (including phenoxy) is 1. The lowest BCUT2D eigenvalue weighted by Crippen LogP contribution is -2.35. The Kier molecular flexibility index (Phi) is 4.68.